The molecule has 0 bridgehead atoms. The largest absolute Gasteiger partial charge is 0.462 e. The molecule has 0 fully saturated rings. The van der Waals surface area contributed by atoms with Gasteiger partial charge in [0.1, 0.15) is 10.0 Å². The van der Waals surface area contributed by atoms with E-state index in [1.807, 2.05) is 13.8 Å². The van der Waals surface area contributed by atoms with E-state index in [4.69, 9.17) is 9.47 Å². The second-order valence-electron chi connectivity index (χ2n) is 10.4. The van der Waals surface area contributed by atoms with Crippen LogP contribution in [0, 0.1) is 0 Å². The number of carbonyl (C=O) groups is 4. The van der Waals surface area contributed by atoms with Crippen molar-refractivity contribution in [2.75, 3.05) is 23.8 Å². The first-order valence-electron chi connectivity index (χ1n) is 14.7. The Hall–Kier alpha value is -2.72. The van der Waals surface area contributed by atoms with Gasteiger partial charge >= 0.3 is 11.9 Å². The summed E-state index contributed by atoms with van der Waals surface area (Å²) in [4.78, 5) is 53.9. The van der Waals surface area contributed by atoms with E-state index < -0.39 is 11.9 Å². The SMILES string of the molecule is CCCOC(=O)c1c(NC(=O)CCC(=O)Nc2sc3c(c2C(=O)OCCC)CCCCC3)sc2c1CCCCC2. The lowest BCUT2D eigenvalue weighted by Crippen LogP contribution is -2.19. The van der Waals surface area contributed by atoms with Gasteiger partial charge in [0.25, 0.3) is 0 Å². The molecule has 0 atom stereocenters. The molecule has 0 saturated heterocycles. The number of amides is 2. The highest BCUT2D eigenvalue weighted by Crippen LogP contribution is 2.39. The molecule has 0 aliphatic heterocycles. The van der Waals surface area contributed by atoms with Gasteiger partial charge in [0.15, 0.2) is 0 Å². The van der Waals surface area contributed by atoms with Crippen LogP contribution >= 0.6 is 22.7 Å². The zero-order chi connectivity index (χ0) is 28.5. The van der Waals surface area contributed by atoms with Crippen molar-refractivity contribution >= 4 is 56.4 Å². The standard InChI is InChI=1S/C30H40N2O6S2/c1-3-17-37-29(35)25-19-11-7-5-9-13-21(19)39-27(25)31-23(33)15-16-24(34)32-28-26(30(36)38-18-4-2)20-12-8-6-10-14-22(20)40-28/h3-18H2,1-2H3,(H,31,33)(H,32,34). The monoisotopic (exact) mass is 588 g/mol. The fourth-order valence-corrected chi connectivity index (χ4v) is 7.82. The van der Waals surface area contributed by atoms with Crippen LogP contribution in [0.25, 0.3) is 0 Å². The molecule has 2 aliphatic rings. The van der Waals surface area contributed by atoms with E-state index in [9.17, 15) is 19.2 Å². The maximum atomic E-state index is 12.9. The van der Waals surface area contributed by atoms with E-state index in [0.717, 1.165) is 97.9 Å². The predicted octanol–water partition coefficient (Wildman–Crippen LogP) is 6.84. The summed E-state index contributed by atoms with van der Waals surface area (Å²) in [5.74, 6) is -1.45. The van der Waals surface area contributed by atoms with Crippen molar-refractivity contribution in [3.05, 3.63) is 32.0 Å². The van der Waals surface area contributed by atoms with Crippen molar-refractivity contribution in [3.63, 3.8) is 0 Å². The molecule has 2 heterocycles. The summed E-state index contributed by atoms with van der Waals surface area (Å²) in [5, 5.41) is 6.81. The summed E-state index contributed by atoms with van der Waals surface area (Å²) >= 11 is 2.90. The van der Waals surface area contributed by atoms with Crippen molar-refractivity contribution in [1.82, 2.24) is 0 Å². The first-order valence-corrected chi connectivity index (χ1v) is 16.3. The van der Waals surface area contributed by atoms with E-state index in [0.29, 0.717) is 34.3 Å². The normalized spacial score (nSPS) is 14.8. The topological polar surface area (TPSA) is 111 Å². The molecule has 10 heteroatoms. The van der Waals surface area contributed by atoms with Gasteiger partial charge in [-0.05, 0) is 75.3 Å². The average molecular weight is 589 g/mol. The first kappa shape index (κ1) is 30.2. The average Bonchev–Trinajstić information content (AvgIpc) is 3.22. The Labute approximate surface area is 244 Å². The van der Waals surface area contributed by atoms with Crippen LogP contribution in [0.1, 0.15) is 120 Å². The van der Waals surface area contributed by atoms with E-state index in [2.05, 4.69) is 10.6 Å². The maximum Gasteiger partial charge on any atom is 0.341 e. The van der Waals surface area contributed by atoms with Gasteiger partial charge in [-0.1, -0.05) is 26.7 Å². The van der Waals surface area contributed by atoms with E-state index in [1.54, 1.807) is 0 Å². The molecular formula is C30H40N2O6S2. The number of fused-ring (bicyclic) bond motifs is 2. The summed E-state index contributed by atoms with van der Waals surface area (Å²) in [5.41, 5.74) is 2.94. The number of aryl methyl sites for hydroxylation is 2. The minimum Gasteiger partial charge on any atom is -0.462 e. The Morgan fingerprint density at radius 3 is 1.43 bits per heavy atom. The number of thiophene rings is 2. The van der Waals surface area contributed by atoms with Crippen molar-refractivity contribution < 1.29 is 28.7 Å². The molecule has 2 aromatic heterocycles. The number of rotatable bonds is 11. The predicted molar refractivity (Wildman–Crippen MR) is 159 cm³/mol. The Bertz CT molecular complexity index is 1140. The summed E-state index contributed by atoms with van der Waals surface area (Å²) in [7, 11) is 0. The Balaban J connectivity index is 1.42. The molecule has 2 N–H and O–H groups in total. The number of esters is 2. The van der Waals surface area contributed by atoms with Gasteiger partial charge in [0, 0.05) is 22.6 Å². The smallest absolute Gasteiger partial charge is 0.341 e. The second kappa shape index (κ2) is 14.8. The number of hydrogen-bond donors (Lipinski definition) is 2. The maximum absolute atomic E-state index is 12.9. The molecule has 0 unspecified atom stereocenters. The molecule has 218 valence electrons. The fraction of sp³-hybridized carbons (Fsp3) is 0.600. The van der Waals surface area contributed by atoms with E-state index in [1.165, 1.54) is 22.7 Å². The van der Waals surface area contributed by atoms with Crippen LogP contribution in [-0.4, -0.2) is 37.0 Å². The van der Waals surface area contributed by atoms with Crippen molar-refractivity contribution in [2.24, 2.45) is 0 Å². The third-order valence-corrected chi connectivity index (χ3v) is 9.62. The van der Waals surface area contributed by atoms with Gasteiger partial charge in [-0.3, -0.25) is 9.59 Å². The Morgan fingerprint density at radius 1 is 0.625 bits per heavy atom. The molecule has 2 aromatic rings. The number of ether oxygens (including phenoxy) is 2. The molecule has 2 aliphatic carbocycles. The van der Waals surface area contributed by atoms with E-state index >= 15 is 0 Å². The Kier molecular flexibility index (Phi) is 11.2. The lowest BCUT2D eigenvalue weighted by atomic mass is 10.1. The summed E-state index contributed by atoms with van der Waals surface area (Å²) in [6.45, 7) is 4.55. The summed E-state index contributed by atoms with van der Waals surface area (Å²) in [6.07, 6.45) is 11.1. The molecular weight excluding hydrogens is 548 g/mol. The summed E-state index contributed by atoms with van der Waals surface area (Å²) in [6, 6.07) is 0. The highest BCUT2D eigenvalue weighted by atomic mass is 32.1. The fourth-order valence-electron chi connectivity index (χ4n) is 5.23. The van der Waals surface area contributed by atoms with Crippen LogP contribution in [0.5, 0.6) is 0 Å². The van der Waals surface area contributed by atoms with Crippen molar-refractivity contribution in [2.45, 2.75) is 104 Å². The Morgan fingerprint density at radius 2 is 1.02 bits per heavy atom. The van der Waals surface area contributed by atoms with Crippen LogP contribution in [0.3, 0.4) is 0 Å². The van der Waals surface area contributed by atoms with Crippen LogP contribution in [-0.2, 0) is 44.7 Å². The van der Waals surface area contributed by atoms with Crippen molar-refractivity contribution in [1.29, 1.82) is 0 Å². The van der Waals surface area contributed by atoms with Crippen molar-refractivity contribution in [3.8, 4) is 0 Å². The quantitative estimate of drug-likeness (QED) is 0.220. The first-order chi connectivity index (χ1) is 19.4. The van der Waals surface area contributed by atoms with Crippen LogP contribution in [0.2, 0.25) is 0 Å². The molecule has 0 saturated carbocycles. The van der Waals surface area contributed by atoms with Crippen LogP contribution in [0.4, 0.5) is 10.0 Å². The third-order valence-electron chi connectivity index (χ3n) is 7.21. The van der Waals surface area contributed by atoms with Gasteiger partial charge in [0.2, 0.25) is 11.8 Å². The zero-order valence-electron chi connectivity index (χ0n) is 23.6. The number of nitrogens with one attached hydrogen (secondary N) is 2. The van der Waals surface area contributed by atoms with Gasteiger partial charge in [-0.2, -0.15) is 0 Å². The van der Waals surface area contributed by atoms with Gasteiger partial charge in [-0.15, -0.1) is 22.7 Å². The molecule has 2 amide bonds. The highest BCUT2D eigenvalue weighted by molar-refractivity contribution is 7.17. The second-order valence-corrected chi connectivity index (χ2v) is 12.6. The highest BCUT2D eigenvalue weighted by Gasteiger charge is 2.28. The van der Waals surface area contributed by atoms with Crippen LogP contribution in [0.15, 0.2) is 0 Å². The molecule has 0 radical (unpaired) electrons. The minimum absolute atomic E-state index is 0.0431. The summed E-state index contributed by atoms with van der Waals surface area (Å²) < 4.78 is 10.9. The molecule has 40 heavy (non-hydrogen) atoms. The van der Waals surface area contributed by atoms with Gasteiger partial charge < -0.3 is 20.1 Å². The molecule has 0 aromatic carbocycles. The van der Waals surface area contributed by atoms with E-state index in [-0.39, 0.29) is 24.7 Å². The van der Waals surface area contributed by atoms with Crippen LogP contribution < -0.4 is 10.6 Å². The number of anilines is 2. The van der Waals surface area contributed by atoms with Gasteiger partial charge in [0.05, 0.1) is 24.3 Å². The lowest BCUT2D eigenvalue weighted by Gasteiger charge is -2.10. The zero-order valence-corrected chi connectivity index (χ0v) is 25.2. The molecule has 8 nitrogen and oxygen atoms in total. The molecule has 0 spiro atoms. The van der Waals surface area contributed by atoms with Gasteiger partial charge in [-0.25, -0.2) is 9.59 Å². The number of hydrogen-bond acceptors (Lipinski definition) is 8. The third kappa shape index (κ3) is 7.51. The minimum atomic E-state index is -0.394. The number of carbonyl (C=O) groups excluding carboxylic acids is 4. The lowest BCUT2D eigenvalue weighted by molar-refractivity contribution is -0.121. The molecule has 4 rings (SSSR count).